The van der Waals surface area contributed by atoms with Gasteiger partial charge in [-0.2, -0.15) is 9.28 Å². The first-order valence-corrected chi connectivity index (χ1v) is 16.6. The summed E-state index contributed by atoms with van der Waals surface area (Å²) < 4.78 is 17.8. The van der Waals surface area contributed by atoms with E-state index in [2.05, 4.69) is 5.32 Å². The van der Waals surface area contributed by atoms with Crippen LogP contribution in [0.1, 0.15) is 63.0 Å². The number of carbonyl (C=O) groups excluding carboxylic acids is 2. The number of carbonyl (C=O) groups is 3. The molecule has 1 fully saturated rings. The molecule has 0 spiro atoms. The average Bonchev–Trinajstić information content (AvgIpc) is 3.36. The number of hydrogen-bond donors (Lipinski definition) is 3. The van der Waals surface area contributed by atoms with E-state index in [4.69, 9.17) is 4.74 Å². The maximum atomic E-state index is 13.8. The molecule has 3 unspecified atom stereocenters. The van der Waals surface area contributed by atoms with Crippen LogP contribution in [0.2, 0.25) is 0 Å². The number of alkyl carbamates (subject to hydrolysis) is 1. The Kier molecular flexibility index (Phi) is 12.6. The fourth-order valence-corrected chi connectivity index (χ4v) is 7.58. The van der Waals surface area contributed by atoms with Crippen LogP contribution in [0.3, 0.4) is 0 Å². The molecule has 3 amide bonds. The van der Waals surface area contributed by atoms with Gasteiger partial charge in [0.05, 0.1) is 12.5 Å². The van der Waals surface area contributed by atoms with Gasteiger partial charge in [0.1, 0.15) is 12.6 Å². The Hall–Kier alpha value is -3.00. The Morgan fingerprint density at radius 1 is 1.00 bits per heavy atom. The molecule has 10 heteroatoms. The van der Waals surface area contributed by atoms with Gasteiger partial charge in [0.15, 0.2) is 0 Å². The molecule has 224 valence electrons. The summed E-state index contributed by atoms with van der Waals surface area (Å²) in [5.41, 5.74) is 2.05. The van der Waals surface area contributed by atoms with Crippen LogP contribution in [0.15, 0.2) is 60.7 Å². The zero-order valence-electron chi connectivity index (χ0n) is 24.0. The summed E-state index contributed by atoms with van der Waals surface area (Å²) in [7, 11) is -3.67. The van der Waals surface area contributed by atoms with E-state index < -0.39 is 35.9 Å². The van der Waals surface area contributed by atoms with Crippen molar-refractivity contribution in [2.45, 2.75) is 70.9 Å². The first-order valence-electron chi connectivity index (χ1n) is 14.6. The van der Waals surface area contributed by atoms with Crippen LogP contribution in [0.25, 0.3) is 0 Å². The molecule has 0 aliphatic carbocycles. The fraction of sp³-hybridized carbons (Fsp3) is 0.516. The Morgan fingerprint density at radius 3 is 2.27 bits per heavy atom. The second kappa shape index (κ2) is 15.9. The van der Waals surface area contributed by atoms with Gasteiger partial charge in [0, 0.05) is 31.7 Å². The molecule has 0 saturated carbocycles. The molecule has 0 radical (unpaired) electrons. The molecule has 1 aliphatic rings. The van der Waals surface area contributed by atoms with Crippen LogP contribution in [0.5, 0.6) is 0 Å². The topological polar surface area (TPSA) is 130 Å². The quantitative estimate of drug-likeness (QED) is 0.129. The fourth-order valence-electron chi connectivity index (χ4n) is 5.65. The molecule has 3 N–H and O–H groups in total. The van der Waals surface area contributed by atoms with Gasteiger partial charge < -0.3 is 20.1 Å². The number of quaternary nitrogens is 1. The van der Waals surface area contributed by atoms with E-state index in [0.717, 1.165) is 18.4 Å². The molecule has 2 aromatic carbocycles. The van der Waals surface area contributed by atoms with Crippen molar-refractivity contribution >= 4 is 25.5 Å². The lowest BCUT2D eigenvalue weighted by atomic mass is 10.00. The molecule has 1 saturated heterocycles. The van der Waals surface area contributed by atoms with Gasteiger partial charge >= 0.3 is 18.1 Å². The van der Waals surface area contributed by atoms with Crippen molar-refractivity contribution in [1.29, 1.82) is 0 Å². The van der Waals surface area contributed by atoms with E-state index in [0.29, 0.717) is 38.6 Å². The first kappa shape index (κ1) is 32.5. The molecular weight excluding hydrogens is 543 g/mol. The summed E-state index contributed by atoms with van der Waals surface area (Å²) in [6.45, 7) is 2.45. The Labute approximate surface area is 242 Å². The number of likely N-dealkylation sites (tertiary alicyclic amines) is 1. The van der Waals surface area contributed by atoms with E-state index in [1.165, 1.54) is 5.56 Å². The van der Waals surface area contributed by atoms with Crippen molar-refractivity contribution in [2.24, 2.45) is 5.92 Å². The molecule has 0 aromatic heterocycles. The van der Waals surface area contributed by atoms with Crippen molar-refractivity contribution in [2.75, 3.05) is 25.4 Å². The standard InChI is InChI=1S/C31H43N2O7P/c1-25-13-12-21-33(25,31(36)37)29(34)28(24-41(38,39)22-11-9-16-26-14-4-2-5-15-26)19-8-10-20-32-30(35)40-23-27-17-6-3-7-18-27/h2-7,14-15,17-18,25,28H,8-13,16,19-24H2,1H3,(H2-,32,35,36,37,38,39)/p+1/t25-,28?,33?/m1/s1. The van der Waals surface area contributed by atoms with Crippen molar-refractivity contribution in [3.8, 4) is 0 Å². The van der Waals surface area contributed by atoms with E-state index in [9.17, 15) is 28.9 Å². The van der Waals surface area contributed by atoms with E-state index in [1.54, 1.807) is 6.92 Å². The van der Waals surface area contributed by atoms with Gasteiger partial charge in [-0.05, 0) is 50.2 Å². The van der Waals surface area contributed by atoms with E-state index in [-0.39, 0.29) is 37.9 Å². The zero-order chi connectivity index (χ0) is 29.7. The molecule has 41 heavy (non-hydrogen) atoms. The number of ether oxygens (including phenoxy) is 1. The van der Waals surface area contributed by atoms with Crippen molar-refractivity contribution < 1.29 is 38.2 Å². The second-order valence-corrected chi connectivity index (χ2v) is 13.6. The first-order chi connectivity index (χ1) is 19.6. The molecule has 9 nitrogen and oxygen atoms in total. The van der Waals surface area contributed by atoms with Gasteiger partial charge in [-0.25, -0.2) is 9.59 Å². The van der Waals surface area contributed by atoms with Crippen molar-refractivity contribution in [3.63, 3.8) is 0 Å². The number of aryl methyl sites for hydroxylation is 1. The molecule has 1 heterocycles. The lowest BCUT2D eigenvalue weighted by Gasteiger charge is -2.33. The molecule has 0 bridgehead atoms. The van der Waals surface area contributed by atoms with Crippen molar-refractivity contribution in [3.05, 3.63) is 71.8 Å². The van der Waals surface area contributed by atoms with Gasteiger partial charge in [0.25, 0.3) is 0 Å². The second-order valence-electron chi connectivity index (χ2n) is 11.1. The maximum Gasteiger partial charge on any atom is 0.521 e. The number of nitrogens with one attached hydrogen (secondary N) is 1. The summed E-state index contributed by atoms with van der Waals surface area (Å²) in [5, 5.41) is 12.8. The monoisotopic (exact) mass is 587 g/mol. The number of rotatable bonds is 15. The minimum atomic E-state index is -3.67. The van der Waals surface area contributed by atoms with Gasteiger partial charge in [-0.1, -0.05) is 67.1 Å². The number of hydrogen-bond acceptors (Lipinski definition) is 5. The minimum absolute atomic E-state index is 0.0983. The van der Waals surface area contributed by atoms with Gasteiger partial charge in [-0.3, -0.25) is 4.57 Å². The van der Waals surface area contributed by atoms with Gasteiger partial charge in [-0.15, -0.1) is 0 Å². The van der Waals surface area contributed by atoms with Crippen molar-refractivity contribution in [1.82, 2.24) is 5.32 Å². The van der Waals surface area contributed by atoms with Crippen LogP contribution in [-0.2, 0) is 27.1 Å². The average molecular weight is 588 g/mol. The SMILES string of the molecule is C[C@@H]1CCC[N+]1(C(=O)O)C(=O)C(CCCCNC(=O)OCc1ccccc1)CP(=O)(O)CCCCc1ccccc1. The number of nitrogens with zero attached hydrogens (tertiary/aromatic N) is 1. The van der Waals surface area contributed by atoms with E-state index >= 15 is 0 Å². The summed E-state index contributed by atoms with van der Waals surface area (Å²) in [6, 6.07) is 18.9. The van der Waals surface area contributed by atoms with Gasteiger partial charge in [0.2, 0.25) is 7.37 Å². The van der Waals surface area contributed by atoms with Crippen LogP contribution in [0, 0.1) is 5.92 Å². The van der Waals surface area contributed by atoms with Crippen LogP contribution >= 0.6 is 7.37 Å². The Balaban J connectivity index is 1.54. The highest BCUT2D eigenvalue weighted by molar-refractivity contribution is 7.58. The lowest BCUT2D eigenvalue weighted by Crippen LogP contribution is -2.60. The highest BCUT2D eigenvalue weighted by atomic mass is 31.2. The smallest absolute Gasteiger partial charge is 0.445 e. The molecule has 3 rings (SSSR count). The Bertz CT molecular complexity index is 1180. The summed E-state index contributed by atoms with van der Waals surface area (Å²) >= 11 is 0. The lowest BCUT2D eigenvalue weighted by molar-refractivity contribution is -0.794. The predicted molar refractivity (Wildman–Crippen MR) is 158 cm³/mol. The summed E-state index contributed by atoms with van der Waals surface area (Å²) in [5.74, 6) is -1.32. The minimum Gasteiger partial charge on any atom is -0.445 e. The number of unbranched alkanes of at least 4 members (excludes halogenated alkanes) is 2. The normalized spacial score (nSPS) is 20.6. The van der Waals surface area contributed by atoms with E-state index in [1.807, 2.05) is 60.7 Å². The third-order valence-corrected chi connectivity index (χ3v) is 10.0. The number of amides is 3. The molecule has 2 aromatic rings. The number of benzene rings is 2. The number of imide groups is 1. The highest BCUT2D eigenvalue weighted by Gasteiger charge is 2.55. The molecule has 1 aliphatic heterocycles. The Morgan fingerprint density at radius 2 is 1.66 bits per heavy atom. The largest absolute Gasteiger partial charge is 0.521 e. The third-order valence-electron chi connectivity index (χ3n) is 8.00. The molecule has 4 atom stereocenters. The van der Waals surface area contributed by atoms with Crippen LogP contribution in [0.4, 0.5) is 9.59 Å². The van der Waals surface area contributed by atoms with Crippen LogP contribution < -0.4 is 5.32 Å². The predicted octanol–water partition coefficient (Wildman–Crippen LogP) is 6.20. The zero-order valence-corrected chi connectivity index (χ0v) is 24.8. The summed E-state index contributed by atoms with van der Waals surface area (Å²) in [4.78, 5) is 49.0. The summed E-state index contributed by atoms with van der Waals surface area (Å²) in [6.07, 6.45) is 2.81. The molecular formula is C31H44N2O7P+. The number of carboxylic acid groups (broad SMARTS) is 1. The highest BCUT2D eigenvalue weighted by Crippen LogP contribution is 2.46. The maximum absolute atomic E-state index is 13.8. The third kappa shape index (κ3) is 9.80. The van der Waals surface area contributed by atoms with Crippen LogP contribution in [-0.4, -0.2) is 64.0 Å².